The van der Waals surface area contributed by atoms with Gasteiger partial charge in [0.2, 0.25) is 0 Å². The minimum absolute atomic E-state index is 0.117. The van der Waals surface area contributed by atoms with Crippen molar-refractivity contribution in [2.75, 3.05) is 6.61 Å². The molecule has 1 amide bonds. The second kappa shape index (κ2) is 10.0. The molecular weight excluding hydrogens is 382 g/mol. The number of azo groups is 1. The second-order valence-corrected chi connectivity index (χ2v) is 7.75. The van der Waals surface area contributed by atoms with Gasteiger partial charge < -0.3 is 15.2 Å². The summed E-state index contributed by atoms with van der Waals surface area (Å²) in [6.45, 7) is 4.02. The van der Waals surface area contributed by atoms with E-state index in [0.29, 0.717) is 23.2 Å². The highest BCUT2D eigenvalue weighted by atomic mass is 16.5. The van der Waals surface area contributed by atoms with Gasteiger partial charge in [-0.05, 0) is 54.7 Å². The third-order valence-corrected chi connectivity index (χ3v) is 5.63. The summed E-state index contributed by atoms with van der Waals surface area (Å²) in [4.78, 5) is 24.8. The molecule has 3 rings (SSSR count). The third-order valence-electron chi connectivity index (χ3n) is 5.63. The topological polar surface area (TPSA) is 100 Å². The van der Waals surface area contributed by atoms with Gasteiger partial charge in [-0.2, -0.15) is 5.11 Å². The molecule has 2 N–H and O–H groups in total. The summed E-state index contributed by atoms with van der Waals surface area (Å²) in [5.41, 5.74) is 1.10. The second-order valence-electron chi connectivity index (χ2n) is 7.75. The monoisotopic (exact) mass is 409 g/mol. The van der Waals surface area contributed by atoms with Gasteiger partial charge in [-0.3, -0.25) is 4.79 Å². The maximum Gasteiger partial charge on any atom is 0.340 e. The molecule has 158 valence electrons. The summed E-state index contributed by atoms with van der Waals surface area (Å²) in [5.74, 6) is 0.179. The summed E-state index contributed by atoms with van der Waals surface area (Å²) in [7, 11) is 0. The van der Waals surface area contributed by atoms with Crippen molar-refractivity contribution in [3.05, 3.63) is 54.1 Å². The van der Waals surface area contributed by atoms with Gasteiger partial charge in [0.05, 0.1) is 11.3 Å². The first-order valence-corrected chi connectivity index (χ1v) is 10.2. The zero-order valence-electron chi connectivity index (χ0n) is 17.2. The van der Waals surface area contributed by atoms with Gasteiger partial charge in [-0.25, -0.2) is 4.79 Å². The Morgan fingerprint density at radius 2 is 1.80 bits per heavy atom. The number of phenols is 1. The highest BCUT2D eigenvalue weighted by Gasteiger charge is 2.28. The molecule has 3 atom stereocenters. The van der Waals surface area contributed by atoms with Crippen LogP contribution in [0.5, 0.6) is 5.75 Å². The van der Waals surface area contributed by atoms with E-state index in [2.05, 4.69) is 29.4 Å². The van der Waals surface area contributed by atoms with Gasteiger partial charge in [0.25, 0.3) is 5.91 Å². The number of benzene rings is 2. The van der Waals surface area contributed by atoms with Crippen LogP contribution in [0.2, 0.25) is 0 Å². The molecule has 0 unspecified atom stereocenters. The number of esters is 1. The van der Waals surface area contributed by atoms with Crippen LogP contribution < -0.4 is 5.32 Å². The molecule has 30 heavy (non-hydrogen) atoms. The van der Waals surface area contributed by atoms with E-state index in [1.807, 2.05) is 0 Å². The zero-order chi connectivity index (χ0) is 21.5. The van der Waals surface area contributed by atoms with Crippen molar-refractivity contribution in [1.29, 1.82) is 0 Å². The normalized spacial score (nSPS) is 21.3. The Kier molecular flexibility index (Phi) is 7.17. The lowest BCUT2D eigenvalue weighted by atomic mass is 9.78. The van der Waals surface area contributed by atoms with Gasteiger partial charge in [0.1, 0.15) is 11.4 Å². The fourth-order valence-electron chi connectivity index (χ4n) is 3.61. The number of phenolic OH excluding ortho intramolecular Hbond substituents is 1. The molecule has 1 aliphatic rings. The zero-order valence-corrected chi connectivity index (χ0v) is 17.2. The van der Waals surface area contributed by atoms with Crippen LogP contribution in [0.15, 0.2) is 58.8 Å². The van der Waals surface area contributed by atoms with Crippen LogP contribution in [0, 0.1) is 11.8 Å². The van der Waals surface area contributed by atoms with Crippen molar-refractivity contribution in [3.8, 4) is 5.75 Å². The molecule has 2 aromatic rings. The number of nitrogens with one attached hydrogen (secondary N) is 1. The fraction of sp³-hybridized carbons (Fsp3) is 0.391. The molecule has 0 bridgehead atoms. The molecule has 7 heteroatoms. The van der Waals surface area contributed by atoms with Gasteiger partial charge >= 0.3 is 5.97 Å². The average molecular weight is 409 g/mol. The lowest BCUT2D eigenvalue weighted by Gasteiger charge is -2.34. The van der Waals surface area contributed by atoms with E-state index in [-0.39, 0.29) is 29.9 Å². The number of hydrogen-bond donors (Lipinski definition) is 2. The lowest BCUT2D eigenvalue weighted by Crippen LogP contribution is -2.45. The number of carbonyl (C=O) groups excluding carboxylic acids is 2. The summed E-state index contributed by atoms with van der Waals surface area (Å²) in [6, 6.07) is 13.0. The molecule has 7 nitrogen and oxygen atoms in total. The SMILES string of the molecule is C[C@@H]1[C@H](C)CCC[C@H]1NC(=O)COC(=O)c1ccccc1N=Nc1ccc(O)cc1. The molecule has 0 aliphatic heterocycles. The number of carbonyl (C=O) groups is 2. The molecular formula is C23H27N3O4. The minimum Gasteiger partial charge on any atom is -0.508 e. The number of amides is 1. The molecule has 0 saturated heterocycles. The summed E-state index contributed by atoms with van der Waals surface area (Å²) in [6.07, 6.45) is 3.22. The number of ether oxygens (including phenoxy) is 1. The highest BCUT2D eigenvalue weighted by Crippen LogP contribution is 2.29. The Bertz CT molecular complexity index is 911. The van der Waals surface area contributed by atoms with Crippen LogP contribution in [0.4, 0.5) is 11.4 Å². The van der Waals surface area contributed by atoms with Gasteiger partial charge in [-0.1, -0.05) is 38.8 Å². The van der Waals surface area contributed by atoms with Crippen LogP contribution in [0.3, 0.4) is 0 Å². The Morgan fingerprint density at radius 1 is 1.07 bits per heavy atom. The van der Waals surface area contributed by atoms with E-state index < -0.39 is 5.97 Å². The van der Waals surface area contributed by atoms with Crippen molar-refractivity contribution in [2.24, 2.45) is 22.1 Å². The summed E-state index contributed by atoms with van der Waals surface area (Å²) < 4.78 is 5.22. The van der Waals surface area contributed by atoms with Crippen molar-refractivity contribution in [3.63, 3.8) is 0 Å². The van der Waals surface area contributed by atoms with Gasteiger partial charge in [-0.15, -0.1) is 5.11 Å². The molecule has 0 aromatic heterocycles. The lowest BCUT2D eigenvalue weighted by molar-refractivity contribution is -0.125. The van der Waals surface area contributed by atoms with Crippen molar-refractivity contribution >= 4 is 23.3 Å². The Hall–Kier alpha value is -3.22. The quantitative estimate of drug-likeness (QED) is 0.523. The first-order valence-electron chi connectivity index (χ1n) is 10.2. The summed E-state index contributed by atoms with van der Waals surface area (Å²) >= 11 is 0. The van der Waals surface area contributed by atoms with E-state index in [9.17, 15) is 14.7 Å². The Morgan fingerprint density at radius 3 is 2.57 bits per heavy atom. The van der Waals surface area contributed by atoms with E-state index in [1.165, 1.54) is 18.6 Å². The number of rotatable bonds is 6. The number of hydrogen-bond acceptors (Lipinski definition) is 6. The maximum absolute atomic E-state index is 12.5. The molecule has 0 radical (unpaired) electrons. The number of aromatic hydroxyl groups is 1. The van der Waals surface area contributed by atoms with E-state index in [4.69, 9.17) is 4.74 Å². The van der Waals surface area contributed by atoms with Crippen LogP contribution >= 0.6 is 0 Å². The van der Waals surface area contributed by atoms with E-state index in [0.717, 1.165) is 12.8 Å². The van der Waals surface area contributed by atoms with E-state index >= 15 is 0 Å². The average Bonchev–Trinajstić information content (AvgIpc) is 2.75. The van der Waals surface area contributed by atoms with Crippen LogP contribution in [0.1, 0.15) is 43.5 Å². The van der Waals surface area contributed by atoms with Crippen LogP contribution in [0.25, 0.3) is 0 Å². The first kappa shape index (κ1) is 21.5. The van der Waals surface area contributed by atoms with Crippen molar-refractivity contribution < 1.29 is 19.4 Å². The molecule has 0 spiro atoms. The molecule has 0 heterocycles. The largest absolute Gasteiger partial charge is 0.508 e. The first-order chi connectivity index (χ1) is 14.4. The fourth-order valence-corrected chi connectivity index (χ4v) is 3.61. The maximum atomic E-state index is 12.5. The van der Waals surface area contributed by atoms with Crippen LogP contribution in [-0.2, 0) is 9.53 Å². The molecule has 1 aliphatic carbocycles. The minimum atomic E-state index is -0.629. The standard InChI is InChI=1S/C23H27N3O4/c1-15-6-5-9-20(16(15)2)24-22(28)14-30-23(29)19-7-3-4-8-21(19)26-25-17-10-12-18(27)13-11-17/h3-4,7-8,10-13,15-16,20,27H,5-6,9,14H2,1-2H3,(H,24,28)/t15-,16-,20-/m1/s1. The predicted octanol–water partition coefficient (Wildman–Crippen LogP) is 4.91. The molecule has 1 fully saturated rings. The highest BCUT2D eigenvalue weighted by molar-refractivity contribution is 5.96. The summed E-state index contributed by atoms with van der Waals surface area (Å²) in [5, 5.41) is 20.5. The number of nitrogens with zero attached hydrogens (tertiary/aromatic N) is 2. The Labute approximate surface area is 176 Å². The smallest absolute Gasteiger partial charge is 0.340 e. The predicted molar refractivity (Wildman–Crippen MR) is 113 cm³/mol. The van der Waals surface area contributed by atoms with E-state index in [1.54, 1.807) is 36.4 Å². The van der Waals surface area contributed by atoms with Crippen molar-refractivity contribution in [2.45, 2.75) is 39.2 Å². The van der Waals surface area contributed by atoms with Gasteiger partial charge in [0, 0.05) is 6.04 Å². The van der Waals surface area contributed by atoms with Gasteiger partial charge in [0.15, 0.2) is 6.61 Å². The molecule has 2 aromatic carbocycles. The third kappa shape index (κ3) is 5.65. The van der Waals surface area contributed by atoms with Crippen molar-refractivity contribution in [1.82, 2.24) is 5.32 Å². The Balaban J connectivity index is 1.59. The van der Waals surface area contributed by atoms with Crippen LogP contribution in [-0.4, -0.2) is 29.6 Å². The molecule has 1 saturated carbocycles.